The van der Waals surface area contributed by atoms with Gasteiger partial charge in [0.2, 0.25) is 5.91 Å². The molecular weight excluding hydrogens is 242 g/mol. The van der Waals surface area contributed by atoms with Gasteiger partial charge in [-0.2, -0.15) is 0 Å². The van der Waals surface area contributed by atoms with E-state index < -0.39 is 0 Å². The molecule has 1 fully saturated rings. The highest BCUT2D eigenvalue weighted by Gasteiger charge is 2.18. The minimum absolute atomic E-state index is 0.0857. The molecule has 1 heterocycles. The topological polar surface area (TPSA) is 53.6 Å². The van der Waals surface area contributed by atoms with Gasteiger partial charge in [-0.05, 0) is 19.8 Å². The highest BCUT2D eigenvalue weighted by Crippen LogP contribution is 1.99. The normalized spacial score (nSPS) is 20.3. The Balaban J connectivity index is 2.22. The van der Waals surface area contributed by atoms with Crippen LogP contribution in [0.25, 0.3) is 0 Å². The number of hydrogen-bond acceptors (Lipinski definition) is 4. The quantitative estimate of drug-likeness (QED) is 0.706. The van der Waals surface area contributed by atoms with Gasteiger partial charge in [0.25, 0.3) is 0 Å². The lowest BCUT2D eigenvalue weighted by atomic mass is 10.2. The van der Waals surface area contributed by atoms with Gasteiger partial charge in [0, 0.05) is 32.2 Å². The maximum Gasteiger partial charge on any atom is 0.236 e. The van der Waals surface area contributed by atoms with Crippen molar-refractivity contribution in [2.45, 2.75) is 39.8 Å². The zero-order valence-corrected chi connectivity index (χ0v) is 12.7. The molecule has 112 valence electrons. The van der Waals surface area contributed by atoms with Gasteiger partial charge in [-0.15, -0.1) is 0 Å². The predicted molar refractivity (Wildman–Crippen MR) is 77.2 cm³/mol. The third-order valence-electron chi connectivity index (χ3n) is 3.25. The molecule has 2 atom stereocenters. The highest BCUT2D eigenvalue weighted by molar-refractivity contribution is 5.81. The molecule has 2 N–H and O–H groups in total. The maximum atomic E-state index is 11.9. The Hall–Kier alpha value is -0.650. The minimum Gasteiger partial charge on any atom is -0.379 e. The van der Waals surface area contributed by atoms with Gasteiger partial charge in [0.15, 0.2) is 0 Å². The molecule has 0 bridgehead atoms. The van der Waals surface area contributed by atoms with Gasteiger partial charge in [-0.1, -0.05) is 13.8 Å². The Labute approximate surface area is 117 Å². The van der Waals surface area contributed by atoms with Gasteiger partial charge < -0.3 is 15.4 Å². The van der Waals surface area contributed by atoms with Gasteiger partial charge in [0.05, 0.1) is 19.3 Å². The van der Waals surface area contributed by atoms with Crippen LogP contribution in [0.5, 0.6) is 0 Å². The van der Waals surface area contributed by atoms with E-state index in [0.29, 0.717) is 12.0 Å². The number of hydrogen-bond donors (Lipinski definition) is 2. The molecule has 0 aromatic rings. The van der Waals surface area contributed by atoms with Crippen molar-refractivity contribution in [3.8, 4) is 0 Å². The first-order chi connectivity index (χ1) is 8.99. The second-order valence-electron chi connectivity index (χ2n) is 5.84. The molecule has 1 aliphatic heterocycles. The van der Waals surface area contributed by atoms with Crippen LogP contribution >= 0.6 is 0 Å². The van der Waals surface area contributed by atoms with Gasteiger partial charge in [-0.3, -0.25) is 9.69 Å². The molecule has 0 aliphatic carbocycles. The molecule has 1 aliphatic rings. The lowest BCUT2D eigenvalue weighted by Crippen LogP contribution is -2.51. The first kappa shape index (κ1) is 16.4. The largest absolute Gasteiger partial charge is 0.379 e. The second-order valence-corrected chi connectivity index (χ2v) is 5.84. The summed E-state index contributed by atoms with van der Waals surface area (Å²) in [6.45, 7) is 13.5. The Morgan fingerprint density at radius 3 is 2.42 bits per heavy atom. The van der Waals surface area contributed by atoms with Crippen LogP contribution in [0.15, 0.2) is 0 Å². The van der Waals surface area contributed by atoms with Crippen LogP contribution in [-0.4, -0.2) is 62.3 Å². The van der Waals surface area contributed by atoms with E-state index in [1.54, 1.807) is 0 Å². The SMILES string of the molecule is CC(C)CNC(=O)C(C)NC(C)CN1CCOCC1. The monoisotopic (exact) mass is 271 g/mol. The molecule has 0 radical (unpaired) electrons. The van der Waals surface area contributed by atoms with Crippen LogP contribution < -0.4 is 10.6 Å². The predicted octanol–water partition coefficient (Wildman–Crippen LogP) is 0.457. The van der Waals surface area contributed by atoms with E-state index in [1.165, 1.54) is 0 Å². The average Bonchev–Trinajstić information content (AvgIpc) is 2.36. The van der Waals surface area contributed by atoms with E-state index >= 15 is 0 Å². The zero-order chi connectivity index (χ0) is 14.3. The van der Waals surface area contributed by atoms with E-state index in [-0.39, 0.29) is 11.9 Å². The number of carbonyl (C=O) groups excluding carboxylic acids is 1. The van der Waals surface area contributed by atoms with Crippen molar-refractivity contribution in [1.82, 2.24) is 15.5 Å². The van der Waals surface area contributed by atoms with Crippen molar-refractivity contribution in [3.63, 3.8) is 0 Å². The van der Waals surface area contributed by atoms with Gasteiger partial charge in [-0.25, -0.2) is 0 Å². The number of amides is 1. The van der Waals surface area contributed by atoms with Crippen LogP contribution in [0.1, 0.15) is 27.7 Å². The Morgan fingerprint density at radius 2 is 1.84 bits per heavy atom. The van der Waals surface area contributed by atoms with Crippen LogP contribution in [0.2, 0.25) is 0 Å². The standard InChI is InChI=1S/C14H29N3O2/c1-11(2)9-15-14(18)13(4)16-12(3)10-17-5-7-19-8-6-17/h11-13,16H,5-10H2,1-4H3,(H,15,18). The molecular formula is C14H29N3O2. The third kappa shape index (κ3) is 6.89. The smallest absolute Gasteiger partial charge is 0.236 e. The van der Waals surface area contributed by atoms with Crippen LogP contribution in [-0.2, 0) is 9.53 Å². The van der Waals surface area contributed by atoms with Crippen molar-refractivity contribution in [3.05, 3.63) is 0 Å². The number of carbonyl (C=O) groups is 1. The minimum atomic E-state index is -0.144. The lowest BCUT2D eigenvalue weighted by molar-refractivity contribution is -0.123. The van der Waals surface area contributed by atoms with E-state index in [4.69, 9.17) is 4.74 Å². The summed E-state index contributed by atoms with van der Waals surface area (Å²) in [7, 11) is 0. The molecule has 5 nitrogen and oxygen atoms in total. The van der Waals surface area contributed by atoms with Crippen molar-refractivity contribution < 1.29 is 9.53 Å². The molecule has 5 heteroatoms. The van der Waals surface area contributed by atoms with E-state index in [9.17, 15) is 4.79 Å². The van der Waals surface area contributed by atoms with E-state index in [0.717, 1.165) is 39.4 Å². The summed E-state index contributed by atoms with van der Waals surface area (Å²) < 4.78 is 5.33. The molecule has 1 amide bonds. The van der Waals surface area contributed by atoms with Gasteiger partial charge >= 0.3 is 0 Å². The first-order valence-electron chi connectivity index (χ1n) is 7.33. The van der Waals surface area contributed by atoms with Crippen molar-refractivity contribution in [2.75, 3.05) is 39.4 Å². The fourth-order valence-corrected chi connectivity index (χ4v) is 2.18. The Bertz CT molecular complexity index is 265. The fourth-order valence-electron chi connectivity index (χ4n) is 2.18. The fraction of sp³-hybridized carbons (Fsp3) is 0.929. The molecule has 0 spiro atoms. The second kappa shape index (κ2) is 8.51. The maximum absolute atomic E-state index is 11.9. The average molecular weight is 271 g/mol. The van der Waals surface area contributed by atoms with Crippen molar-refractivity contribution in [1.29, 1.82) is 0 Å². The molecule has 0 saturated carbocycles. The van der Waals surface area contributed by atoms with Crippen LogP contribution in [0.3, 0.4) is 0 Å². The summed E-state index contributed by atoms with van der Waals surface area (Å²) in [6, 6.07) is 0.160. The molecule has 1 saturated heterocycles. The van der Waals surface area contributed by atoms with Gasteiger partial charge in [0.1, 0.15) is 0 Å². The number of ether oxygens (including phenoxy) is 1. The highest BCUT2D eigenvalue weighted by atomic mass is 16.5. The summed E-state index contributed by atoms with van der Waals surface area (Å²) in [4.78, 5) is 14.2. The summed E-state index contributed by atoms with van der Waals surface area (Å²) in [5.74, 6) is 0.574. The van der Waals surface area contributed by atoms with E-state index in [2.05, 4.69) is 36.3 Å². The number of rotatable bonds is 7. The summed E-state index contributed by atoms with van der Waals surface area (Å²) in [5.41, 5.74) is 0. The number of nitrogens with zero attached hydrogens (tertiary/aromatic N) is 1. The lowest BCUT2D eigenvalue weighted by Gasteiger charge is -2.30. The first-order valence-corrected chi connectivity index (χ1v) is 7.33. The molecule has 0 aromatic carbocycles. The van der Waals surface area contributed by atoms with Crippen LogP contribution in [0, 0.1) is 5.92 Å². The Kier molecular flexibility index (Phi) is 7.34. The van der Waals surface area contributed by atoms with Crippen LogP contribution in [0.4, 0.5) is 0 Å². The summed E-state index contributed by atoms with van der Waals surface area (Å²) in [5, 5.41) is 6.31. The number of morpholine rings is 1. The molecule has 2 unspecified atom stereocenters. The third-order valence-corrected chi connectivity index (χ3v) is 3.25. The summed E-state index contributed by atoms with van der Waals surface area (Å²) in [6.07, 6.45) is 0. The molecule has 19 heavy (non-hydrogen) atoms. The summed E-state index contributed by atoms with van der Waals surface area (Å²) >= 11 is 0. The zero-order valence-electron chi connectivity index (χ0n) is 12.7. The number of nitrogens with one attached hydrogen (secondary N) is 2. The van der Waals surface area contributed by atoms with Crippen molar-refractivity contribution >= 4 is 5.91 Å². The Morgan fingerprint density at radius 1 is 1.21 bits per heavy atom. The molecule has 1 rings (SSSR count). The van der Waals surface area contributed by atoms with E-state index in [1.807, 2.05) is 6.92 Å². The van der Waals surface area contributed by atoms with Crippen molar-refractivity contribution in [2.24, 2.45) is 5.92 Å². The molecule has 0 aromatic heterocycles.